The molecule has 1 unspecified atom stereocenters. The highest BCUT2D eigenvalue weighted by Crippen LogP contribution is 1.76. The molecule has 0 heterocycles. The average molecular weight is 432 g/mol. The molecule has 0 saturated carbocycles. The van der Waals surface area contributed by atoms with Gasteiger partial charge >= 0.3 is 0 Å². The predicted molar refractivity (Wildman–Crippen MR) is 101 cm³/mol. The van der Waals surface area contributed by atoms with E-state index >= 15 is 0 Å². The van der Waals surface area contributed by atoms with Gasteiger partial charge in [0.2, 0.25) is 0 Å². The summed E-state index contributed by atoms with van der Waals surface area (Å²) in [6, 6.07) is 0. The summed E-state index contributed by atoms with van der Waals surface area (Å²) in [7, 11) is 13.0. The first-order chi connectivity index (χ1) is 6.70. The van der Waals surface area contributed by atoms with Crippen LogP contribution in [0.1, 0.15) is 0 Å². The van der Waals surface area contributed by atoms with Crippen LogP contribution < -0.4 is 0 Å². The predicted octanol–water partition coefficient (Wildman–Crippen LogP) is 0.481. The van der Waals surface area contributed by atoms with Gasteiger partial charge in [0.25, 0.3) is 0 Å². The van der Waals surface area contributed by atoms with E-state index < -0.39 is 0 Å². The lowest BCUT2D eigenvalue weighted by Crippen LogP contribution is -1.46. The van der Waals surface area contributed by atoms with E-state index in [0.717, 1.165) is 0 Å². The summed E-state index contributed by atoms with van der Waals surface area (Å²) in [5, 5.41) is 0. The maximum Gasteiger partial charge on any atom is 0.0247 e. The molecule has 0 aromatic carbocycles. The first-order valence-electron chi connectivity index (χ1n) is 2.27. The van der Waals surface area contributed by atoms with Gasteiger partial charge in [-0.15, -0.1) is 0 Å². The number of hydrogen-bond donors (Lipinski definition) is 0. The van der Waals surface area contributed by atoms with Gasteiger partial charge in [-0.2, -0.15) is 0 Å². The Bertz CT molecular complexity index is 702. The van der Waals surface area contributed by atoms with Gasteiger partial charge in [0.1, 0.15) is 0 Å². The number of nitrogens with zero attached hydrogens (tertiary/aromatic N) is 1. The lowest BCUT2D eigenvalue weighted by molar-refractivity contribution is 2.12. The Balaban J connectivity index is 6.21. The van der Waals surface area contributed by atoms with Crippen LogP contribution in [0.15, 0.2) is 4.13 Å². The van der Waals surface area contributed by atoms with E-state index in [9.17, 15) is 0 Å². The fourth-order valence-corrected chi connectivity index (χ4v) is 27.2. The summed E-state index contributed by atoms with van der Waals surface area (Å²) < 4.78 is 3.88. The zero-order valence-corrected chi connectivity index (χ0v) is 16.9. The lowest BCUT2D eigenvalue weighted by Gasteiger charge is -1.53. The maximum absolute atomic E-state index is 5.19. The fraction of sp³-hybridized carbons (Fsp3) is 0. The molecule has 0 aliphatic rings. The van der Waals surface area contributed by atoms with Crippen LogP contribution in [0.2, 0.25) is 0 Å². The molecule has 0 N–H and O–H groups in total. The van der Waals surface area contributed by atoms with Crippen molar-refractivity contribution in [2.24, 2.45) is 4.13 Å². The molecular weight excluding hydrogens is 430 g/mol. The Morgan fingerprint density at radius 2 is 1.57 bits per heavy atom. The Labute approximate surface area is 121 Å². The minimum Gasteiger partial charge on any atom is -0.204 e. The topological polar surface area (TPSA) is 12.4 Å². The molecule has 0 bridgehead atoms. The summed E-state index contributed by atoms with van der Waals surface area (Å²) in [6.45, 7) is -0.132. The van der Waals surface area contributed by atoms with Crippen molar-refractivity contribution >= 4 is 120 Å². The molecule has 0 aromatic rings. The van der Waals surface area contributed by atoms with Gasteiger partial charge in [0.05, 0.1) is 0 Å². The van der Waals surface area contributed by atoms with Gasteiger partial charge in [0.15, 0.2) is 0 Å². The molecule has 0 radical (unpaired) electrons. The minimum atomic E-state index is -0.344. The van der Waals surface area contributed by atoms with Crippen LogP contribution in [0.5, 0.6) is 0 Å². The molecule has 1 atom stereocenters. The molecule has 14 heavy (non-hydrogen) atoms. The second kappa shape index (κ2) is 12.3. The van der Waals surface area contributed by atoms with Crippen molar-refractivity contribution in [3.05, 3.63) is 0 Å². The average Bonchev–Trinajstić information content (AvgIpc) is 2.21. The highest BCUT2D eigenvalue weighted by molar-refractivity contribution is 8.82. The first kappa shape index (κ1) is 16.9. The minimum absolute atomic E-state index is 0.132. The van der Waals surface area contributed by atoms with E-state index in [1.807, 2.05) is 0 Å². The van der Waals surface area contributed by atoms with Crippen molar-refractivity contribution in [1.82, 2.24) is 0 Å². The van der Waals surface area contributed by atoms with Crippen molar-refractivity contribution < 1.29 is 0 Å². The van der Waals surface area contributed by atoms with Crippen LogP contribution in [0.4, 0.5) is 0 Å². The summed E-state index contributed by atoms with van der Waals surface area (Å²) in [5.74, 6) is 0. The van der Waals surface area contributed by atoms with Gasteiger partial charge in [-0.25, -0.2) is 4.13 Å². The van der Waals surface area contributed by atoms with Gasteiger partial charge in [-0.3, -0.25) is 0 Å². The number of rotatable bonds is 0. The van der Waals surface area contributed by atoms with Crippen molar-refractivity contribution in [3.63, 3.8) is 0 Å². The standard InChI is InChI=1S/H2NPS12/c2-1-13(4)10-8-9-12-14(5)11-7-6-3/h2H2. The third-order valence-electron chi connectivity index (χ3n) is 0.394. The molecule has 0 saturated heterocycles. The zero-order valence-electron chi connectivity index (χ0n) is 5.92. The Morgan fingerprint density at radius 1 is 1.00 bits per heavy atom. The zero-order chi connectivity index (χ0) is 10.8. The third-order valence-corrected chi connectivity index (χ3v) is 25.6. The highest BCUT2D eigenvalue weighted by atomic mass is 33.5. The van der Waals surface area contributed by atoms with Crippen LogP contribution in [0.3, 0.4) is 0 Å². The Kier molecular flexibility index (Phi) is 14.9. The third kappa shape index (κ3) is 11.4. The van der Waals surface area contributed by atoms with Gasteiger partial charge in [-0.05, 0) is 0 Å². The van der Waals surface area contributed by atoms with Gasteiger partial charge in [0, 0.05) is 120 Å². The summed E-state index contributed by atoms with van der Waals surface area (Å²) in [4.78, 5) is 0. The SMILES string of the molecule is PN=S(=S)=S=S=S=S=S(=S)=S=S=S=S. The van der Waals surface area contributed by atoms with E-state index in [-0.39, 0.29) is 14.4 Å². The molecule has 0 fully saturated rings. The largest absolute Gasteiger partial charge is 0.204 e. The van der Waals surface area contributed by atoms with E-state index in [0.29, 0.717) is 0 Å². The molecule has 0 aromatic heterocycles. The molecule has 84 valence electrons. The Hall–Kier alpha value is 2.87. The summed E-state index contributed by atoms with van der Waals surface area (Å²) in [6.07, 6.45) is 0. The van der Waals surface area contributed by atoms with E-state index in [2.05, 4.69) is 13.5 Å². The van der Waals surface area contributed by atoms with Gasteiger partial charge < -0.3 is 0 Å². The lowest BCUT2D eigenvalue weighted by atomic mass is 13.9. The smallest absolute Gasteiger partial charge is 0.0247 e. The van der Waals surface area contributed by atoms with Crippen LogP contribution in [-0.4, -0.2) is 0 Å². The van der Waals surface area contributed by atoms with Crippen LogP contribution in [0, 0.1) is 0 Å². The molecule has 0 aliphatic heterocycles. The summed E-state index contributed by atoms with van der Waals surface area (Å²) >= 11 is 14.9. The highest BCUT2D eigenvalue weighted by Gasteiger charge is 1.48. The normalized spacial score (nSPS) is 7.79. The maximum atomic E-state index is 5.19. The molecule has 1 nitrogen and oxygen atoms in total. The van der Waals surface area contributed by atoms with Crippen LogP contribution >= 0.6 is 9.39 Å². The fourth-order valence-electron chi connectivity index (χ4n) is 0.132. The molecule has 0 amide bonds. The van der Waals surface area contributed by atoms with Crippen LogP contribution in [-0.2, 0) is 110 Å². The van der Waals surface area contributed by atoms with Crippen LogP contribution in [0.25, 0.3) is 0 Å². The van der Waals surface area contributed by atoms with Crippen molar-refractivity contribution in [2.45, 2.75) is 0 Å². The Morgan fingerprint density at radius 3 is 2.14 bits per heavy atom. The van der Waals surface area contributed by atoms with Crippen molar-refractivity contribution in [2.75, 3.05) is 0 Å². The van der Waals surface area contributed by atoms with Crippen molar-refractivity contribution in [3.8, 4) is 0 Å². The molecule has 0 aliphatic carbocycles. The quantitative estimate of drug-likeness (QED) is 0.518. The van der Waals surface area contributed by atoms with E-state index in [4.69, 9.17) is 33.6 Å². The molecule has 14 heteroatoms. The van der Waals surface area contributed by atoms with Crippen molar-refractivity contribution in [1.29, 1.82) is 0 Å². The molecule has 0 rings (SSSR count). The summed E-state index contributed by atoms with van der Waals surface area (Å²) in [5.41, 5.74) is 0. The van der Waals surface area contributed by atoms with E-state index in [1.54, 1.807) is 53.3 Å². The van der Waals surface area contributed by atoms with Gasteiger partial charge in [-0.1, -0.05) is 0 Å². The van der Waals surface area contributed by atoms with E-state index in [1.165, 1.54) is 8.88 Å². The first-order valence-corrected chi connectivity index (χ1v) is 17.8. The molecule has 0 spiro atoms. The molecular formula is H2NPS12. The second-order valence-corrected chi connectivity index (χ2v) is 22.5. The number of hydrogen-bond acceptors (Lipinski definition) is 4. The monoisotopic (exact) mass is 431 g/mol. The second-order valence-electron chi connectivity index (χ2n) is 1.00.